The second kappa shape index (κ2) is 6.74. The Hall–Kier alpha value is -2.66. The van der Waals surface area contributed by atoms with Crippen molar-refractivity contribution in [3.05, 3.63) is 69.1 Å². The maximum absolute atomic E-state index is 12.8. The van der Waals surface area contributed by atoms with Gasteiger partial charge in [-0.15, -0.1) is 11.3 Å². The van der Waals surface area contributed by atoms with Crippen LogP contribution in [0.3, 0.4) is 0 Å². The summed E-state index contributed by atoms with van der Waals surface area (Å²) in [5, 5.41) is 6.70. The summed E-state index contributed by atoms with van der Waals surface area (Å²) < 4.78 is 0. The number of H-pyrrole nitrogens is 1. The number of thiophene rings is 1. The number of rotatable bonds is 3. The minimum absolute atomic E-state index is 0.000727. The van der Waals surface area contributed by atoms with E-state index in [4.69, 9.17) is 4.98 Å². The molecule has 1 aliphatic rings. The van der Waals surface area contributed by atoms with Crippen molar-refractivity contribution >= 4 is 38.0 Å². The molecule has 0 radical (unpaired) electrons. The fourth-order valence-corrected chi connectivity index (χ4v) is 5.56. The number of nitrogens with zero attached hydrogens (tertiary/aromatic N) is 1. The molecule has 2 heterocycles. The van der Waals surface area contributed by atoms with Crippen molar-refractivity contribution < 1.29 is 0 Å². The molecule has 2 aromatic carbocycles. The minimum Gasteiger partial charge on any atom is -0.375 e. The second-order valence-electron chi connectivity index (χ2n) is 7.91. The molecule has 5 rings (SSSR count). The van der Waals surface area contributed by atoms with Crippen LogP contribution in [0.15, 0.2) is 47.3 Å². The van der Waals surface area contributed by atoms with Gasteiger partial charge < -0.3 is 10.3 Å². The molecule has 4 aromatic rings. The smallest absolute Gasteiger partial charge is 0.259 e. The number of hydrogen-bond acceptors (Lipinski definition) is 4. The number of aromatic nitrogens is 2. The van der Waals surface area contributed by atoms with Gasteiger partial charge in [0.05, 0.1) is 11.4 Å². The number of fused-ring (bicyclic) bond motifs is 4. The van der Waals surface area contributed by atoms with E-state index in [9.17, 15) is 4.79 Å². The molecule has 0 saturated carbocycles. The monoisotopic (exact) mass is 389 g/mol. The predicted octanol–water partition coefficient (Wildman–Crippen LogP) is 5.44. The van der Waals surface area contributed by atoms with Crippen LogP contribution in [0.1, 0.15) is 42.6 Å². The van der Waals surface area contributed by atoms with Crippen molar-refractivity contribution in [3.63, 3.8) is 0 Å². The van der Waals surface area contributed by atoms with Crippen molar-refractivity contribution in [2.45, 2.75) is 39.2 Å². The maximum Gasteiger partial charge on any atom is 0.259 e. The Labute approximate surface area is 167 Å². The lowest BCUT2D eigenvalue weighted by atomic mass is 9.89. The molecule has 1 aliphatic carbocycles. The molecule has 0 amide bonds. The quantitative estimate of drug-likeness (QED) is 0.491. The highest BCUT2D eigenvalue weighted by molar-refractivity contribution is 7.18. The van der Waals surface area contributed by atoms with E-state index in [2.05, 4.69) is 47.6 Å². The molecule has 5 heteroatoms. The largest absolute Gasteiger partial charge is 0.375 e. The third-order valence-electron chi connectivity index (χ3n) is 5.73. The number of benzene rings is 2. The van der Waals surface area contributed by atoms with Crippen LogP contribution in [0, 0.1) is 5.92 Å². The van der Waals surface area contributed by atoms with Gasteiger partial charge in [0.15, 0.2) is 0 Å². The van der Waals surface area contributed by atoms with E-state index >= 15 is 0 Å². The molecule has 2 N–H and O–H groups in total. The van der Waals surface area contributed by atoms with Gasteiger partial charge in [-0.25, -0.2) is 4.98 Å². The van der Waals surface area contributed by atoms with Crippen molar-refractivity contribution in [1.29, 1.82) is 0 Å². The standard InChI is InChI=1S/C23H23N3OS/c1-13-7-10-18-19(11-13)28-23-20(18)22(27)25-21(26-23)14(2)24-17-9-8-15-5-3-4-6-16(15)12-17/h3-6,8-9,12-14,24H,7,10-11H2,1-2H3,(H,25,26,27)/t13-,14-/m1/s1. The highest BCUT2D eigenvalue weighted by atomic mass is 32.1. The molecule has 0 spiro atoms. The molecule has 0 unspecified atom stereocenters. The van der Waals surface area contributed by atoms with E-state index < -0.39 is 0 Å². The number of nitrogens with one attached hydrogen (secondary N) is 2. The zero-order chi connectivity index (χ0) is 19.3. The van der Waals surface area contributed by atoms with Crippen LogP contribution in [0.5, 0.6) is 0 Å². The summed E-state index contributed by atoms with van der Waals surface area (Å²) in [6, 6.07) is 14.5. The molecular formula is C23H23N3OS. The van der Waals surface area contributed by atoms with E-state index in [1.165, 1.54) is 21.2 Å². The number of aromatic amines is 1. The van der Waals surface area contributed by atoms with E-state index in [1.807, 2.05) is 19.1 Å². The SMILES string of the molecule is C[C@@H]1CCc2c(sc3nc([C@@H](C)Nc4ccc5ccccc5c4)[nH]c(=O)c23)C1. The predicted molar refractivity (Wildman–Crippen MR) is 117 cm³/mol. The van der Waals surface area contributed by atoms with Crippen LogP contribution in [0.4, 0.5) is 5.69 Å². The maximum atomic E-state index is 12.8. The van der Waals surface area contributed by atoms with Gasteiger partial charge in [0.2, 0.25) is 0 Å². The summed E-state index contributed by atoms with van der Waals surface area (Å²) in [5.41, 5.74) is 2.25. The molecule has 2 atom stereocenters. The molecule has 0 saturated heterocycles. The van der Waals surface area contributed by atoms with Gasteiger partial charge in [-0.1, -0.05) is 37.3 Å². The van der Waals surface area contributed by atoms with E-state index in [0.717, 1.165) is 35.2 Å². The lowest BCUT2D eigenvalue weighted by molar-refractivity contribution is 0.509. The van der Waals surface area contributed by atoms with Crippen molar-refractivity contribution in [1.82, 2.24) is 9.97 Å². The Kier molecular flexibility index (Phi) is 4.20. The first kappa shape index (κ1) is 17.4. The normalized spacial score (nSPS) is 17.6. The van der Waals surface area contributed by atoms with Gasteiger partial charge >= 0.3 is 0 Å². The summed E-state index contributed by atoms with van der Waals surface area (Å²) >= 11 is 1.70. The van der Waals surface area contributed by atoms with Crippen LogP contribution in [-0.2, 0) is 12.8 Å². The molecular weight excluding hydrogens is 366 g/mol. The summed E-state index contributed by atoms with van der Waals surface area (Å²) in [6.07, 6.45) is 3.21. The lowest BCUT2D eigenvalue weighted by Gasteiger charge is -2.17. The summed E-state index contributed by atoms with van der Waals surface area (Å²) in [6.45, 7) is 4.32. The fraction of sp³-hybridized carbons (Fsp3) is 0.304. The van der Waals surface area contributed by atoms with Gasteiger partial charge in [0.25, 0.3) is 5.56 Å². The summed E-state index contributed by atoms with van der Waals surface area (Å²) in [5.74, 6) is 1.38. The molecule has 142 valence electrons. The first-order valence-electron chi connectivity index (χ1n) is 9.88. The van der Waals surface area contributed by atoms with Gasteiger partial charge in [-0.3, -0.25) is 4.79 Å². The lowest BCUT2D eigenvalue weighted by Crippen LogP contribution is -2.18. The Morgan fingerprint density at radius 1 is 1.21 bits per heavy atom. The highest BCUT2D eigenvalue weighted by Gasteiger charge is 2.23. The van der Waals surface area contributed by atoms with Crippen LogP contribution in [0.2, 0.25) is 0 Å². The topological polar surface area (TPSA) is 57.8 Å². The molecule has 0 fully saturated rings. The van der Waals surface area contributed by atoms with Crippen molar-refractivity contribution in [2.75, 3.05) is 5.32 Å². The van der Waals surface area contributed by atoms with Crippen LogP contribution in [0.25, 0.3) is 21.0 Å². The third-order valence-corrected chi connectivity index (χ3v) is 6.87. The van der Waals surface area contributed by atoms with Gasteiger partial charge in [-0.2, -0.15) is 0 Å². The van der Waals surface area contributed by atoms with Crippen LogP contribution >= 0.6 is 11.3 Å². The van der Waals surface area contributed by atoms with Crippen molar-refractivity contribution in [2.24, 2.45) is 5.92 Å². The summed E-state index contributed by atoms with van der Waals surface area (Å²) in [4.78, 5) is 22.9. The molecule has 0 bridgehead atoms. The van der Waals surface area contributed by atoms with Crippen molar-refractivity contribution in [3.8, 4) is 0 Å². The van der Waals surface area contributed by atoms with Gasteiger partial charge in [0.1, 0.15) is 10.7 Å². The number of hydrogen-bond donors (Lipinski definition) is 2. The zero-order valence-corrected chi connectivity index (χ0v) is 16.9. The van der Waals surface area contributed by atoms with Gasteiger partial charge in [-0.05, 0) is 60.6 Å². The average Bonchev–Trinajstić information content (AvgIpc) is 3.05. The van der Waals surface area contributed by atoms with E-state index in [-0.39, 0.29) is 11.6 Å². The molecule has 4 nitrogen and oxygen atoms in total. The highest BCUT2D eigenvalue weighted by Crippen LogP contribution is 2.36. The first-order chi connectivity index (χ1) is 13.6. The van der Waals surface area contributed by atoms with Crippen LogP contribution in [-0.4, -0.2) is 9.97 Å². The Morgan fingerprint density at radius 3 is 2.89 bits per heavy atom. The Morgan fingerprint density at radius 2 is 2.04 bits per heavy atom. The first-order valence-corrected chi connectivity index (χ1v) is 10.7. The van der Waals surface area contributed by atoms with Gasteiger partial charge in [0, 0.05) is 10.6 Å². The fourth-order valence-electron chi connectivity index (χ4n) is 4.17. The zero-order valence-electron chi connectivity index (χ0n) is 16.1. The molecule has 0 aliphatic heterocycles. The summed E-state index contributed by atoms with van der Waals surface area (Å²) in [7, 11) is 0. The average molecular weight is 390 g/mol. The number of anilines is 1. The third kappa shape index (κ3) is 3.00. The Bertz CT molecular complexity index is 1240. The molecule has 28 heavy (non-hydrogen) atoms. The van der Waals surface area contributed by atoms with Crippen LogP contribution < -0.4 is 10.9 Å². The second-order valence-corrected chi connectivity index (χ2v) is 8.99. The Balaban J connectivity index is 1.48. The minimum atomic E-state index is -0.0867. The van der Waals surface area contributed by atoms with E-state index in [0.29, 0.717) is 11.7 Å². The molecule has 2 aromatic heterocycles. The number of aryl methyl sites for hydroxylation is 1. The van der Waals surface area contributed by atoms with E-state index in [1.54, 1.807) is 11.3 Å².